The van der Waals surface area contributed by atoms with Crippen molar-refractivity contribution in [3.63, 3.8) is 0 Å². The molecule has 1 aliphatic heterocycles. The lowest BCUT2D eigenvalue weighted by molar-refractivity contribution is -0.143. The molecular weight excluding hydrogens is 278 g/mol. The number of urea groups is 1. The first-order valence-corrected chi connectivity index (χ1v) is 6.94. The number of nitrogens with one attached hydrogen (secondary N) is 1. The predicted octanol–water partition coefficient (Wildman–Crippen LogP) is -0.403. The highest BCUT2D eigenvalue weighted by Crippen LogP contribution is 2.17. The van der Waals surface area contributed by atoms with E-state index in [1.54, 1.807) is 0 Å². The quantitative estimate of drug-likeness (QED) is 0.650. The Balaban J connectivity index is 2.42. The minimum atomic E-state index is -0.882. The molecule has 0 aromatic heterocycles. The van der Waals surface area contributed by atoms with Gasteiger partial charge in [-0.2, -0.15) is 0 Å². The summed E-state index contributed by atoms with van der Waals surface area (Å²) in [6, 6.07) is -0.317. The Bertz CT molecular complexity index is 388. The molecule has 1 saturated heterocycles. The van der Waals surface area contributed by atoms with Gasteiger partial charge in [-0.3, -0.25) is 9.59 Å². The number of nitrogens with zero attached hydrogens (tertiary/aromatic N) is 2. The van der Waals surface area contributed by atoms with E-state index in [2.05, 4.69) is 5.32 Å². The molecule has 3 amide bonds. The van der Waals surface area contributed by atoms with Gasteiger partial charge in [0.25, 0.3) is 0 Å². The summed E-state index contributed by atoms with van der Waals surface area (Å²) in [4.78, 5) is 37.6. The number of carboxylic acid groups (broad SMARTS) is 1. The van der Waals surface area contributed by atoms with Crippen molar-refractivity contribution in [1.82, 2.24) is 15.1 Å². The van der Waals surface area contributed by atoms with Gasteiger partial charge in [0.05, 0.1) is 12.5 Å². The van der Waals surface area contributed by atoms with Crippen molar-refractivity contribution in [3.05, 3.63) is 0 Å². The number of methoxy groups -OCH3 is 1. The summed E-state index contributed by atoms with van der Waals surface area (Å²) in [6.07, 6.45) is 1.25. The number of ether oxygens (including phenoxy) is 1. The number of aliphatic carboxylic acids is 1. The minimum Gasteiger partial charge on any atom is -0.481 e. The van der Waals surface area contributed by atoms with E-state index < -0.39 is 11.9 Å². The van der Waals surface area contributed by atoms with E-state index >= 15 is 0 Å². The Morgan fingerprint density at radius 2 is 2.14 bits per heavy atom. The van der Waals surface area contributed by atoms with E-state index in [1.165, 1.54) is 24.0 Å². The van der Waals surface area contributed by atoms with Crippen LogP contribution in [0.25, 0.3) is 0 Å². The van der Waals surface area contributed by atoms with Crippen LogP contribution in [0.1, 0.15) is 12.8 Å². The van der Waals surface area contributed by atoms with Gasteiger partial charge < -0.3 is 25.0 Å². The number of rotatable bonds is 6. The SMILES string of the molecule is COCCNC(=O)CN(C)C(=O)N1CCC[C@H](C(=O)O)C1. The van der Waals surface area contributed by atoms with E-state index in [4.69, 9.17) is 9.84 Å². The number of carbonyl (C=O) groups is 3. The minimum absolute atomic E-state index is 0.0587. The van der Waals surface area contributed by atoms with Crippen molar-refractivity contribution in [2.24, 2.45) is 5.92 Å². The van der Waals surface area contributed by atoms with Crippen LogP contribution < -0.4 is 5.32 Å². The van der Waals surface area contributed by atoms with Gasteiger partial charge >= 0.3 is 12.0 Å². The molecule has 0 bridgehead atoms. The van der Waals surface area contributed by atoms with Gasteiger partial charge in [0.1, 0.15) is 6.54 Å². The van der Waals surface area contributed by atoms with Gasteiger partial charge in [-0.05, 0) is 12.8 Å². The summed E-state index contributed by atoms with van der Waals surface area (Å²) in [5.41, 5.74) is 0. The molecule has 0 radical (unpaired) electrons. The number of likely N-dealkylation sites (N-methyl/N-ethyl adjacent to an activating group) is 1. The molecule has 2 N–H and O–H groups in total. The van der Waals surface area contributed by atoms with Crippen molar-refractivity contribution in [2.75, 3.05) is 46.9 Å². The van der Waals surface area contributed by atoms with Crippen LogP contribution in [0.4, 0.5) is 4.79 Å². The fourth-order valence-corrected chi connectivity index (χ4v) is 2.23. The maximum absolute atomic E-state index is 12.2. The summed E-state index contributed by atoms with van der Waals surface area (Å²) in [5, 5.41) is 11.6. The first-order chi connectivity index (χ1) is 9.95. The normalized spacial score (nSPS) is 18.2. The Morgan fingerprint density at radius 1 is 1.43 bits per heavy atom. The van der Waals surface area contributed by atoms with Gasteiger partial charge in [0.2, 0.25) is 5.91 Å². The number of amides is 3. The maximum atomic E-state index is 12.2. The molecular formula is C13H23N3O5. The zero-order valence-electron chi connectivity index (χ0n) is 12.5. The fraction of sp³-hybridized carbons (Fsp3) is 0.769. The van der Waals surface area contributed by atoms with Crippen LogP contribution in [0.3, 0.4) is 0 Å². The Morgan fingerprint density at radius 3 is 2.76 bits per heavy atom. The standard InChI is InChI=1S/C13H23N3O5/c1-15(9-11(17)14-5-7-21-2)13(20)16-6-3-4-10(8-16)12(18)19/h10H,3-9H2,1-2H3,(H,14,17)(H,18,19)/t10-/m0/s1. The Kier molecular flexibility index (Phi) is 6.93. The molecule has 0 aliphatic carbocycles. The summed E-state index contributed by atoms with van der Waals surface area (Å²) in [6.45, 7) is 1.47. The molecule has 1 atom stereocenters. The molecule has 1 fully saturated rings. The molecule has 1 rings (SSSR count). The summed E-state index contributed by atoms with van der Waals surface area (Å²) >= 11 is 0. The lowest BCUT2D eigenvalue weighted by Gasteiger charge is -2.33. The topological polar surface area (TPSA) is 99.2 Å². The highest BCUT2D eigenvalue weighted by atomic mass is 16.5. The first kappa shape index (κ1) is 17.2. The van der Waals surface area contributed by atoms with E-state index in [0.717, 1.165) is 0 Å². The van der Waals surface area contributed by atoms with Crippen LogP contribution in [-0.4, -0.2) is 79.8 Å². The summed E-state index contributed by atoms with van der Waals surface area (Å²) in [5.74, 6) is -1.67. The first-order valence-electron chi connectivity index (χ1n) is 6.94. The molecule has 8 heteroatoms. The van der Waals surface area contributed by atoms with Crippen molar-refractivity contribution < 1.29 is 24.2 Å². The molecule has 8 nitrogen and oxygen atoms in total. The second-order valence-corrected chi connectivity index (χ2v) is 5.10. The van der Waals surface area contributed by atoms with Crippen LogP contribution in [0.15, 0.2) is 0 Å². The molecule has 0 unspecified atom stereocenters. The smallest absolute Gasteiger partial charge is 0.320 e. The fourth-order valence-electron chi connectivity index (χ4n) is 2.23. The van der Waals surface area contributed by atoms with Gasteiger partial charge in [0, 0.05) is 33.8 Å². The highest BCUT2D eigenvalue weighted by molar-refractivity contribution is 5.84. The molecule has 21 heavy (non-hydrogen) atoms. The second kappa shape index (κ2) is 8.46. The van der Waals surface area contributed by atoms with Crippen molar-refractivity contribution >= 4 is 17.9 Å². The molecule has 1 heterocycles. The van der Waals surface area contributed by atoms with Gasteiger partial charge in [-0.1, -0.05) is 0 Å². The van der Waals surface area contributed by atoms with E-state index in [1.807, 2.05) is 0 Å². The van der Waals surface area contributed by atoms with Gasteiger partial charge in [-0.15, -0.1) is 0 Å². The molecule has 0 saturated carbocycles. The number of carboxylic acids is 1. The third kappa shape index (κ3) is 5.58. The maximum Gasteiger partial charge on any atom is 0.320 e. The third-order valence-corrected chi connectivity index (χ3v) is 3.38. The number of hydrogen-bond donors (Lipinski definition) is 2. The Labute approximate surface area is 124 Å². The average molecular weight is 301 g/mol. The zero-order chi connectivity index (χ0) is 15.8. The van der Waals surface area contributed by atoms with Gasteiger partial charge in [0.15, 0.2) is 0 Å². The molecule has 0 spiro atoms. The highest BCUT2D eigenvalue weighted by Gasteiger charge is 2.29. The summed E-state index contributed by atoms with van der Waals surface area (Å²) in [7, 11) is 3.07. The number of likely N-dealkylation sites (tertiary alicyclic amines) is 1. The van der Waals surface area contributed by atoms with E-state index in [0.29, 0.717) is 32.5 Å². The van der Waals surface area contributed by atoms with Gasteiger partial charge in [-0.25, -0.2) is 4.79 Å². The zero-order valence-corrected chi connectivity index (χ0v) is 12.5. The molecule has 1 aliphatic rings. The lowest BCUT2D eigenvalue weighted by atomic mass is 9.99. The van der Waals surface area contributed by atoms with E-state index in [-0.39, 0.29) is 25.0 Å². The van der Waals surface area contributed by atoms with Crippen LogP contribution in [0, 0.1) is 5.92 Å². The second-order valence-electron chi connectivity index (χ2n) is 5.10. The number of hydrogen-bond acceptors (Lipinski definition) is 4. The van der Waals surface area contributed by atoms with Crippen LogP contribution in [0.2, 0.25) is 0 Å². The monoisotopic (exact) mass is 301 g/mol. The number of piperidine rings is 1. The van der Waals surface area contributed by atoms with Crippen LogP contribution in [0.5, 0.6) is 0 Å². The van der Waals surface area contributed by atoms with Crippen LogP contribution >= 0.6 is 0 Å². The van der Waals surface area contributed by atoms with Crippen molar-refractivity contribution in [1.29, 1.82) is 0 Å². The molecule has 120 valence electrons. The Hall–Kier alpha value is -1.83. The van der Waals surface area contributed by atoms with E-state index in [9.17, 15) is 14.4 Å². The molecule has 0 aromatic carbocycles. The average Bonchev–Trinajstić information content (AvgIpc) is 2.46. The largest absolute Gasteiger partial charge is 0.481 e. The lowest BCUT2D eigenvalue weighted by Crippen LogP contribution is -2.49. The molecule has 0 aromatic rings. The summed E-state index contributed by atoms with van der Waals surface area (Å²) < 4.78 is 4.81. The van der Waals surface area contributed by atoms with Crippen molar-refractivity contribution in [2.45, 2.75) is 12.8 Å². The van der Waals surface area contributed by atoms with Crippen LogP contribution in [-0.2, 0) is 14.3 Å². The predicted molar refractivity (Wildman–Crippen MR) is 74.8 cm³/mol. The van der Waals surface area contributed by atoms with Crippen molar-refractivity contribution in [3.8, 4) is 0 Å². The number of carbonyl (C=O) groups excluding carboxylic acids is 2. The third-order valence-electron chi connectivity index (χ3n) is 3.38.